The number of fused-ring (bicyclic) bond motifs is 1. The fourth-order valence-electron chi connectivity index (χ4n) is 2.77. The third-order valence-corrected chi connectivity index (χ3v) is 3.88. The molecule has 0 unspecified atom stereocenters. The van der Waals surface area contributed by atoms with E-state index in [4.69, 9.17) is 0 Å². The van der Waals surface area contributed by atoms with Gasteiger partial charge >= 0.3 is 0 Å². The summed E-state index contributed by atoms with van der Waals surface area (Å²) in [6, 6.07) is 0. The Bertz CT molecular complexity index is 288. The van der Waals surface area contributed by atoms with E-state index in [0.717, 1.165) is 32.4 Å². The summed E-state index contributed by atoms with van der Waals surface area (Å²) in [5, 5.41) is 9.52. The van der Waals surface area contributed by atoms with Gasteiger partial charge in [-0.15, -0.1) is 0 Å². The second-order valence-electron chi connectivity index (χ2n) is 4.99. The van der Waals surface area contributed by atoms with Crippen molar-refractivity contribution in [2.24, 2.45) is 11.8 Å². The lowest BCUT2D eigenvalue weighted by molar-refractivity contribution is -0.130. The van der Waals surface area contributed by atoms with Crippen molar-refractivity contribution in [1.29, 1.82) is 0 Å². The summed E-state index contributed by atoms with van der Waals surface area (Å²) in [5.74, 6) is 1.22. The number of amides is 1. The predicted molar refractivity (Wildman–Crippen MR) is 62.8 cm³/mol. The molecule has 0 bridgehead atoms. The van der Waals surface area contributed by atoms with Crippen molar-refractivity contribution in [3.8, 4) is 0 Å². The molecule has 1 aliphatic carbocycles. The lowest BCUT2D eigenvalue weighted by atomic mass is 9.74. The molecule has 1 saturated heterocycles. The van der Waals surface area contributed by atoms with Crippen LogP contribution in [0.1, 0.15) is 32.6 Å². The minimum Gasteiger partial charge on any atom is -0.393 e. The van der Waals surface area contributed by atoms with Gasteiger partial charge in [0.2, 0.25) is 5.91 Å². The zero-order valence-corrected chi connectivity index (χ0v) is 9.93. The second kappa shape index (κ2) is 5.00. The fraction of sp³-hybridized carbons (Fsp3) is 0.769. The van der Waals surface area contributed by atoms with Crippen molar-refractivity contribution in [2.75, 3.05) is 13.1 Å². The number of carbonyl (C=O) groups is 1. The van der Waals surface area contributed by atoms with Gasteiger partial charge in [0.1, 0.15) is 0 Å². The van der Waals surface area contributed by atoms with Crippen molar-refractivity contribution >= 4 is 5.91 Å². The molecule has 3 nitrogen and oxygen atoms in total. The van der Waals surface area contributed by atoms with Crippen LogP contribution >= 0.6 is 0 Å². The minimum absolute atomic E-state index is 0.147. The number of rotatable bonds is 4. The van der Waals surface area contributed by atoms with Gasteiger partial charge in [-0.2, -0.15) is 0 Å². The van der Waals surface area contributed by atoms with Gasteiger partial charge < -0.3 is 10.0 Å². The van der Waals surface area contributed by atoms with E-state index in [-0.39, 0.29) is 12.0 Å². The third kappa shape index (κ3) is 2.29. The molecule has 1 N–H and O–H groups in total. The van der Waals surface area contributed by atoms with Gasteiger partial charge in [0.25, 0.3) is 0 Å². The van der Waals surface area contributed by atoms with Gasteiger partial charge in [-0.25, -0.2) is 0 Å². The van der Waals surface area contributed by atoms with Crippen LogP contribution in [0.2, 0.25) is 0 Å². The van der Waals surface area contributed by atoms with Gasteiger partial charge in [0.15, 0.2) is 0 Å². The van der Waals surface area contributed by atoms with E-state index in [1.54, 1.807) is 0 Å². The molecule has 3 heteroatoms. The van der Waals surface area contributed by atoms with Crippen LogP contribution < -0.4 is 0 Å². The highest BCUT2D eigenvalue weighted by atomic mass is 16.3. The molecular weight excluding hydrogens is 202 g/mol. The average Bonchev–Trinajstić information content (AvgIpc) is 2.61. The SMILES string of the molecule is C/C=C/CCCC(=O)N1C[C@H]2C[C@H](O)[C@H]2C1. The van der Waals surface area contributed by atoms with E-state index < -0.39 is 0 Å². The maximum Gasteiger partial charge on any atom is 0.222 e. The molecule has 16 heavy (non-hydrogen) atoms. The summed E-state index contributed by atoms with van der Waals surface area (Å²) < 4.78 is 0. The van der Waals surface area contributed by atoms with Crippen molar-refractivity contribution in [3.05, 3.63) is 12.2 Å². The lowest BCUT2D eigenvalue weighted by Crippen LogP contribution is -2.39. The molecule has 3 atom stereocenters. The smallest absolute Gasteiger partial charge is 0.222 e. The van der Waals surface area contributed by atoms with Crippen molar-refractivity contribution in [3.63, 3.8) is 0 Å². The monoisotopic (exact) mass is 223 g/mol. The van der Waals surface area contributed by atoms with Crippen LogP contribution in [0.5, 0.6) is 0 Å². The standard InChI is InChI=1S/C13H21NO2/c1-2-3-4-5-6-13(16)14-8-10-7-12(15)11(10)9-14/h2-3,10-12,15H,4-9H2,1H3/b3-2+/t10-,11+,12+/m1/s1. The largest absolute Gasteiger partial charge is 0.393 e. The highest BCUT2D eigenvalue weighted by molar-refractivity contribution is 5.76. The van der Waals surface area contributed by atoms with Gasteiger partial charge in [0, 0.05) is 25.4 Å². The topological polar surface area (TPSA) is 40.5 Å². The first-order valence-electron chi connectivity index (χ1n) is 6.29. The zero-order valence-electron chi connectivity index (χ0n) is 9.93. The Hall–Kier alpha value is -0.830. The first-order chi connectivity index (χ1) is 7.72. The fourth-order valence-corrected chi connectivity index (χ4v) is 2.77. The molecule has 0 aromatic heterocycles. The molecule has 2 rings (SSSR count). The number of hydrogen-bond acceptors (Lipinski definition) is 2. The molecule has 2 fully saturated rings. The Morgan fingerprint density at radius 1 is 1.50 bits per heavy atom. The van der Waals surface area contributed by atoms with Crippen LogP contribution in [-0.2, 0) is 4.79 Å². The van der Waals surface area contributed by atoms with E-state index >= 15 is 0 Å². The summed E-state index contributed by atoms with van der Waals surface area (Å²) in [4.78, 5) is 13.8. The lowest BCUT2D eigenvalue weighted by Gasteiger charge is -2.34. The van der Waals surface area contributed by atoms with E-state index in [1.165, 1.54) is 0 Å². The zero-order chi connectivity index (χ0) is 11.5. The van der Waals surface area contributed by atoms with Crippen LogP contribution in [-0.4, -0.2) is 35.1 Å². The Morgan fingerprint density at radius 3 is 2.94 bits per heavy atom. The van der Waals surface area contributed by atoms with Gasteiger partial charge in [-0.1, -0.05) is 12.2 Å². The number of nitrogens with zero attached hydrogens (tertiary/aromatic N) is 1. The van der Waals surface area contributed by atoms with Crippen molar-refractivity contribution in [2.45, 2.75) is 38.7 Å². The quantitative estimate of drug-likeness (QED) is 0.580. The molecule has 0 aromatic rings. The van der Waals surface area contributed by atoms with Crippen LogP contribution in [0.3, 0.4) is 0 Å². The molecule has 1 saturated carbocycles. The summed E-state index contributed by atoms with van der Waals surface area (Å²) >= 11 is 0. The normalized spacial score (nSPS) is 32.9. The maximum atomic E-state index is 11.9. The Morgan fingerprint density at radius 2 is 2.31 bits per heavy atom. The minimum atomic E-state index is -0.147. The van der Waals surface area contributed by atoms with Gasteiger partial charge in [-0.3, -0.25) is 4.79 Å². The first kappa shape index (κ1) is 11.6. The third-order valence-electron chi connectivity index (χ3n) is 3.88. The van der Waals surface area contributed by atoms with E-state index in [2.05, 4.69) is 6.08 Å². The van der Waals surface area contributed by atoms with Crippen LogP contribution in [0.25, 0.3) is 0 Å². The molecule has 1 aliphatic heterocycles. The maximum absolute atomic E-state index is 11.9. The van der Waals surface area contributed by atoms with Crippen LogP contribution in [0, 0.1) is 11.8 Å². The van der Waals surface area contributed by atoms with Crippen molar-refractivity contribution < 1.29 is 9.90 Å². The molecule has 0 radical (unpaired) electrons. The Kier molecular flexibility index (Phi) is 3.64. The number of unbranched alkanes of at least 4 members (excludes halogenated alkanes) is 1. The molecule has 1 amide bonds. The van der Waals surface area contributed by atoms with E-state index in [0.29, 0.717) is 18.3 Å². The number of carbonyl (C=O) groups excluding carboxylic acids is 1. The average molecular weight is 223 g/mol. The predicted octanol–water partition coefficient (Wildman–Crippen LogP) is 1.57. The molecule has 1 heterocycles. The summed E-state index contributed by atoms with van der Waals surface area (Å²) in [5.41, 5.74) is 0. The van der Waals surface area contributed by atoms with Crippen LogP contribution in [0.4, 0.5) is 0 Å². The van der Waals surface area contributed by atoms with Gasteiger partial charge in [0.05, 0.1) is 6.10 Å². The Balaban J connectivity index is 1.70. The molecule has 0 aromatic carbocycles. The number of allylic oxidation sites excluding steroid dienone is 2. The first-order valence-corrected chi connectivity index (χ1v) is 6.29. The highest BCUT2D eigenvalue weighted by Gasteiger charge is 2.47. The van der Waals surface area contributed by atoms with E-state index in [9.17, 15) is 9.90 Å². The molecule has 0 spiro atoms. The number of hydrogen-bond donors (Lipinski definition) is 1. The second-order valence-corrected chi connectivity index (χ2v) is 4.99. The number of aliphatic hydroxyl groups is 1. The molecular formula is C13H21NO2. The van der Waals surface area contributed by atoms with Crippen LogP contribution in [0.15, 0.2) is 12.2 Å². The Labute approximate surface area is 97.1 Å². The summed E-state index contributed by atoms with van der Waals surface area (Å²) in [7, 11) is 0. The summed E-state index contributed by atoms with van der Waals surface area (Å²) in [6.45, 7) is 3.67. The molecule has 90 valence electrons. The van der Waals surface area contributed by atoms with Crippen molar-refractivity contribution in [1.82, 2.24) is 4.90 Å². The molecule has 2 aliphatic rings. The number of likely N-dealkylation sites (tertiary alicyclic amines) is 1. The highest BCUT2D eigenvalue weighted by Crippen LogP contribution is 2.40. The summed E-state index contributed by atoms with van der Waals surface area (Å²) in [6.07, 6.45) is 7.46. The van der Waals surface area contributed by atoms with E-state index in [1.807, 2.05) is 17.9 Å². The number of aliphatic hydroxyl groups excluding tert-OH is 1. The van der Waals surface area contributed by atoms with Gasteiger partial charge in [-0.05, 0) is 32.1 Å².